The number of esters is 2. The summed E-state index contributed by atoms with van der Waals surface area (Å²) in [6.45, 7) is 3.22. The number of hydrogen-bond donors (Lipinski definition) is 0. The molecule has 0 aromatic carbocycles. The third kappa shape index (κ3) is 8.50. The van der Waals surface area contributed by atoms with Gasteiger partial charge in [-0.2, -0.15) is 0 Å². The molecule has 0 aliphatic heterocycles. The summed E-state index contributed by atoms with van der Waals surface area (Å²) in [5, 5.41) is 0. The molecule has 17 heavy (non-hydrogen) atoms. The highest BCUT2D eigenvalue weighted by molar-refractivity contribution is 6.27. The molecule has 0 rings (SSSR count). The van der Waals surface area contributed by atoms with E-state index in [-0.39, 0.29) is 38.1 Å². The monoisotopic (exact) mass is 265 g/mol. The fourth-order valence-corrected chi connectivity index (χ4v) is 1.21. The van der Waals surface area contributed by atoms with Crippen LogP contribution in [-0.2, 0) is 23.9 Å². The van der Waals surface area contributed by atoms with E-state index in [1.165, 1.54) is 18.7 Å². The normalized spacial score (nSPS) is 9.59. The van der Waals surface area contributed by atoms with E-state index in [0.717, 1.165) is 0 Å². The lowest BCUT2D eigenvalue weighted by atomic mass is 10.4. The SMILES string of the molecule is CC(=O)OCCN(CCOC(C)=O)C(=O)CCl. The topological polar surface area (TPSA) is 72.9 Å². The van der Waals surface area contributed by atoms with Crippen LogP contribution in [0.3, 0.4) is 0 Å². The second-order valence-corrected chi connectivity index (χ2v) is 3.46. The standard InChI is InChI=1S/C10H16ClNO5/c1-8(13)16-5-3-12(10(15)7-11)4-6-17-9(2)14/h3-7H2,1-2H3. The van der Waals surface area contributed by atoms with Crippen molar-refractivity contribution >= 4 is 29.4 Å². The number of ether oxygens (including phenoxy) is 2. The van der Waals surface area contributed by atoms with Crippen molar-refractivity contribution in [1.29, 1.82) is 0 Å². The third-order valence-corrected chi connectivity index (χ3v) is 2.03. The molecule has 0 N–H and O–H groups in total. The Hall–Kier alpha value is -1.30. The zero-order valence-corrected chi connectivity index (χ0v) is 10.7. The second-order valence-electron chi connectivity index (χ2n) is 3.19. The number of hydrogen-bond acceptors (Lipinski definition) is 5. The molecule has 0 bridgehead atoms. The first-order valence-electron chi connectivity index (χ1n) is 5.07. The summed E-state index contributed by atoms with van der Waals surface area (Å²) in [5.41, 5.74) is 0. The molecule has 0 heterocycles. The predicted molar refractivity (Wildman–Crippen MR) is 60.6 cm³/mol. The number of rotatable bonds is 7. The van der Waals surface area contributed by atoms with Crippen LogP contribution in [0.5, 0.6) is 0 Å². The van der Waals surface area contributed by atoms with Crippen molar-refractivity contribution in [3.63, 3.8) is 0 Å². The number of carbonyl (C=O) groups excluding carboxylic acids is 3. The van der Waals surface area contributed by atoms with E-state index in [1.54, 1.807) is 0 Å². The molecule has 0 unspecified atom stereocenters. The lowest BCUT2D eigenvalue weighted by molar-refractivity contribution is -0.144. The van der Waals surface area contributed by atoms with Gasteiger partial charge in [-0.15, -0.1) is 11.6 Å². The molecule has 0 aliphatic rings. The maximum atomic E-state index is 11.4. The first-order valence-corrected chi connectivity index (χ1v) is 5.61. The van der Waals surface area contributed by atoms with Crippen LogP contribution in [0.15, 0.2) is 0 Å². The molecular weight excluding hydrogens is 250 g/mol. The number of alkyl halides is 1. The molecule has 0 aromatic rings. The summed E-state index contributed by atoms with van der Waals surface area (Å²) < 4.78 is 9.42. The van der Waals surface area contributed by atoms with E-state index in [2.05, 4.69) is 0 Å². The Morgan fingerprint density at radius 1 is 1.00 bits per heavy atom. The van der Waals surface area contributed by atoms with Crippen LogP contribution in [0.4, 0.5) is 0 Å². The van der Waals surface area contributed by atoms with Gasteiger partial charge in [-0.05, 0) is 0 Å². The zero-order chi connectivity index (χ0) is 13.3. The molecule has 0 radical (unpaired) electrons. The van der Waals surface area contributed by atoms with E-state index >= 15 is 0 Å². The van der Waals surface area contributed by atoms with Crippen LogP contribution >= 0.6 is 11.6 Å². The Morgan fingerprint density at radius 3 is 1.71 bits per heavy atom. The first-order chi connectivity index (χ1) is 7.97. The van der Waals surface area contributed by atoms with Gasteiger partial charge in [0.2, 0.25) is 5.91 Å². The highest BCUT2D eigenvalue weighted by atomic mass is 35.5. The summed E-state index contributed by atoms with van der Waals surface area (Å²) in [6.07, 6.45) is 0. The maximum Gasteiger partial charge on any atom is 0.302 e. The van der Waals surface area contributed by atoms with Gasteiger partial charge in [0, 0.05) is 13.8 Å². The molecule has 0 aromatic heterocycles. The number of nitrogens with zero attached hydrogens (tertiary/aromatic N) is 1. The molecule has 1 amide bonds. The quantitative estimate of drug-likeness (QED) is 0.485. The summed E-state index contributed by atoms with van der Waals surface area (Å²) in [6, 6.07) is 0. The smallest absolute Gasteiger partial charge is 0.302 e. The van der Waals surface area contributed by atoms with Crippen molar-refractivity contribution in [1.82, 2.24) is 4.90 Å². The van der Waals surface area contributed by atoms with Gasteiger partial charge in [-0.25, -0.2) is 0 Å². The van der Waals surface area contributed by atoms with Gasteiger partial charge in [-0.3, -0.25) is 14.4 Å². The first kappa shape index (κ1) is 15.7. The average molecular weight is 266 g/mol. The largest absolute Gasteiger partial charge is 0.464 e. The van der Waals surface area contributed by atoms with Crippen LogP contribution in [0.1, 0.15) is 13.8 Å². The van der Waals surface area contributed by atoms with Gasteiger partial charge in [0.05, 0.1) is 13.1 Å². The van der Waals surface area contributed by atoms with Crippen LogP contribution in [-0.4, -0.2) is 54.9 Å². The third-order valence-electron chi connectivity index (χ3n) is 1.80. The van der Waals surface area contributed by atoms with E-state index in [9.17, 15) is 14.4 Å². The molecule has 6 nitrogen and oxygen atoms in total. The summed E-state index contributed by atoms with van der Waals surface area (Å²) >= 11 is 5.42. The fraction of sp³-hybridized carbons (Fsp3) is 0.700. The number of amides is 1. The Bertz CT molecular complexity index is 262. The lowest BCUT2D eigenvalue weighted by Gasteiger charge is -2.21. The number of carbonyl (C=O) groups is 3. The molecule has 0 fully saturated rings. The zero-order valence-electron chi connectivity index (χ0n) is 9.90. The summed E-state index contributed by atoms with van der Waals surface area (Å²) in [7, 11) is 0. The minimum absolute atomic E-state index is 0.0953. The summed E-state index contributed by atoms with van der Waals surface area (Å²) in [4.78, 5) is 33.8. The molecule has 0 saturated carbocycles. The van der Waals surface area contributed by atoms with E-state index < -0.39 is 11.9 Å². The van der Waals surface area contributed by atoms with Crippen LogP contribution < -0.4 is 0 Å². The lowest BCUT2D eigenvalue weighted by Crippen LogP contribution is -2.37. The van der Waals surface area contributed by atoms with Crippen LogP contribution in [0, 0.1) is 0 Å². The minimum atomic E-state index is -0.414. The van der Waals surface area contributed by atoms with Crippen molar-refractivity contribution in [2.75, 3.05) is 32.2 Å². The highest BCUT2D eigenvalue weighted by Crippen LogP contribution is 1.94. The predicted octanol–water partition coefficient (Wildman–Crippen LogP) is 0.180. The molecule has 98 valence electrons. The van der Waals surface area contributed by atoms with Crippen molar-refractivity contribution in [2.45, 2.75) is 13.8 Å². The number of halogens is 1. The molecule has 7 heteroatoms. The summed E-state index contributed by atoms with van der Waals surface area (Å²) in [5.74, 6) is -1.29. The highest BCUT2D eigenvalue weighted by Gasteiger charge is 2.12. The van der Waals surface area contributed by atoms with Crippen LogP contribution in [0.25, 0.3) is 0 Å². The van der Waals surface area contributed by atoms with Gasteiger partial charge in [0.15, 0.2) is 0 Å². The molecule has 0 saturated heterocycles. The van der Waals surface area contributed by atoms with E-state index in [1.807, 2.05) is 0 Å². The Kier molecular flexibility index (Phi) is 8.13. The maximum absolute atomic E-state index is 11.4. The molecule has 0 atom stereocenters. The van der Waals surface area contributed by atoms with Gasteiger partial charge >= 0.3 is 11.9 Å². The van der Waals surface area contributed by atoms with E-state index in [0.29, 0.717) is 0 Å². The van der Waals surface area contributed by atoms with Gasteiger partial charge in [-0.1, -0.05) is 0 Å². The van der Waals surface area contributed by atoms with E-state index in [4.69, 9.17) is 21.1 Å². The van der Waals surface area contributed by atoms with Gasteiger partial charge in [0.1, 0.15) is 19.1 Å². The van der Waals surface area contributed by atoms with Crippen molar-refractivity contribution in [2.24, 2.45) is 0 Å². The molecule has 0 aliphatic carbocycles. The van der Waals surface area contributed by atoms with Crippen LogP contribution in [0.2, 0.25) is 0 Å². The minimum Gasteiger partial charge on any atom is -0.464 e. The molecular formula is C10H16ClNO5. The Labute approximate surface area is 105 Å². The average Bonchev–Trinajstić information content (AvgIpc) is 2.25. The molecule has 0 spiro atoms. The Balaban J connectivity index is 4.01. The van der Waals surface area contributed by atoms with Crippen molar-refractivity contribution in [3.8, 4) is 0 Å². The Morgan fingerprint density at radius 2 is 1.41 bits per heavy atom. The second kappa shape index (κ2) is 8.81. The van der Waals surface area contributed by atoms with Crippen molar-refractivity contribution in [3.05, 3.63) is 0 Å². The van der Waals surface area contributed by atoms with Crippen molar-refractivity contribution < 1.29 is 23.9 Å². The fourth-order valence-electron chi connectivity index (χ4n) is 1.04. The van der Waals surface area contributed by atoms with Gasteiger partial charge < -0.3 is 14.4 Å². The van der Waals surface area contributed by atoms with Gasteiger partial charge in [0.25, 0.3) is 0 Å².